The molecule has 0 radical (unpaired) electrons. The molecule has 55 heavy (non-hydrogen) atoms. The molecule has 0 aliphatic carbocycles. The van der Waals surface area contributed by atoms with Gasteiger partial charge in [0, 0.05) is 6.61 Å². The second kappa shape index (κ2) is 31.2. The van der Waals surface area contributed by atoms with Crippen LogP contribution in [0.25, 0.3) is 11.1 Å². The molecule has 1 unspecified atom stereocenters. The second-order valence-corrected chi connectivity index (χ2v) is 16.3. The average molecular weight is 753 g/mol. The molecule has 3 aromatic rings. The lowest BCUT2D eigenvalue weighted by Crippen LogP contribution is -2.08. The van der Waals surface area contributed by atoms with Crippen LogP contribution >= 0.6 is 0 Å². The van der Waals surface area contributed by atoms with Crippen LogP contribution in [0.4, 0.5) is 0 Å². The van der Waals surface area contributed by atoms with Gasteiger partial charge in [-0.1, -0.05) is 223 Å². The minimum absolute atomic E-state index is 0.0209. The Morgan fingerprint density at radius 3 is 1.27 bits per heavy atom. The van der Waals surface area contributed by atoms with Gasteiger partial charge in [0.25, 0.3) is 0 Å². The first-order chi connectivity index (χ1) is 27.1. The van der Waals surface area contributed by atoms with Crippen molar-refractivity contribution in [2.75, 3.05) is 6.61 Å². The van der Waals surface area contributed by atoms with E-state index in [2.05, 4.69) is 45.0 Å². The maximum Gasteiger partial charge on any atom is 0.343 e. The maximum absolute atomic E-state index is 12.9. The van der Waals surface area contributed by atoms with Gasteiger partial charge in [-0.3, -0.25) is 0 Å². The molecule has 3 heteroatoms. The van der Waals surface area contributed by atoms with E-state index in [1.165, 1.54) is 178 Å². The van der Waals surface area contributed by atoms with Crippen molar-refractivity contribution in [1.29, 1.82) is 0 Å². The number of rotatable bonds is 34. The van der Waals surface area contributed by atoms with Crippen molar-refractivity contribution in [3.8, 4) is 16.9 Å². The fourth-order valence-corrected chi connectivity index (χ4v) is 7.64. The number of aryl methyl sites for hydroxylation is 1. The molecule has 0 saturated carbocycles. The summed E-state index contributed by atoms with van der Waals surface area (Å²) < 4.78 is 11.8. The summed E-state index contributed by atoms with van der Waals surface area (Å²) in [6, 6.07) is 24.4. The van der Waals surface area contributed by atoms with Crippen LogP contribution in [0.1, 0.15) is 222 Å². The summed E-state index contributed by atoms with van der Waals surface area (Å²) in [4.78, 5) is 12.9. The molecule has 0 saturated heterocycles. The van der Waals surface area contributed by atoms with Gasteiger partial charge in [0.2, 0.25) is 0 Å². The lowest BCUT2D eigenvalue weighted by molar-refractivity contribution is 0.0627. The van der Waals surface area contributed by atoms with E-state index >= 15 is 0 Å². The highest BCUT2D eigenvalue weighted by Crippen LogP contribution is 2.24. The van der Waals surface area contributed by atoms with Crippen LogP contribution in [0, 0.1) is 0 Å². The van der Waals surface area contributed by atoms with Crippen LogP contribution in [-0.2, 0) is 11.2 Å². The van der Waals surface area contributed by atoms with Crippen LogP contribution in [0.2, 0.25) is 0 Å². The number of carbonyl (C=O) groups is 1. The number of carbonyl (C=O) groups excluding carboxylic acids is 1. The van der Waals surface area contributed by atoms with E-state index < -0.39 is 0 Å². The van der Waals surface area contributed by atoms with E-state index in [4.69, 9.17) is 9.47 Å². The first-order valence-corrected chi connectivity index (χ1v) is 23.2. The van der Waals surface area contributed by atoms with Gasteiger partial charge in [-0.25, -0.2) is 4.79 Å². The van der Waals surface area contributed by atoms with Gasteiger partial charge in [-0.15, -0.1) is 0 Å². The van der Waals surface area contributed by atoms with Crippen LogP contribution in [0.5, 0.6) is 5.75 Å². The van der Waals surface area contributed by atoms with Crippen LogP contribution in [-0.4, -0.2) is 12.6 Å². The van der Waals surface area contributed by atoms with E-state index in [0.29, 0.717) is 11.3 Å². The number of unbranched alkanes of at least 4 members (excludes halogenated alkanes) is 25. The fraction of sp³-hybridized carbons (Fsp3) is 0.635. The molecule has 0 bridgehead atoms. The first-order valence-electron chi connectivity index (χ1n) is 23.2. The lowest BCUT2D eigenvalue weighted by atomic mass is 10.00. The van der Waals surface area contributed by atoms with Gasteiger partial charge in [-0.2, -0.15) is 0 Å². The molecule has 0 aromatic heterocycles. The standard InChI is InChI=1S/C52H80O3/c1-4-6-8-10-12-14-16-18-20-22-24-26-28-30-44-54-45(3)47-40-42-51(43-41-47)55-52(53)50-38-36-49(37-39-50)48-34-32-46(33-35-48)31-29-27-25-23-21-19-17-15-13-11-9-7-5-2/h32-43,45H,4-31,44H2,1-3H3. The Labute approximate surface area is 338 Å². The van der Waals surface area contributed by atoms with Crippen molar-refractivity contribution in [2.45, 2.75) is 207 Å². The van der Waals surface area contributed by atoms with E-state index in [1.54, 1.807) is 0 Å². The average Bonchev–Trinajstić information content (AvgIpc) is 3.21. The van der Waals surface area contributed by atoms with E-state index in [1.807, 2.05) is 48.5 Å². The van der Waals surface area contributed by atoms with Gasteiger partial charge in [0.15, 0.2) is 0 Å². The lowest BCUT2D eigenvalue weighted by Gasteiger charge is -2.14. The Hall–Kier alpha value is -2.91. The van der Waals surface area contributed by atoms with Gasteiger partial charge < -0.3 is 9.47 Å². The van der Waals surface area contributed by atoms with Crippen molar-refractivity contribution < 1.29 is 14.3 Å². The fourth-order valence-electron chi connectivity index (χ4n) is 7.64. The number of hydrogen-bond acceptors (Lipinski definition) is 3. The largest absolute Gasteiger partial charge is 0.423 e. The minimum Gasteiger partial charge on any atom is -0.423 e. The SMILES string of the molecule is CCCCCCCCCCCCCCCCOC(C)c1ccc(OC(=O)c2ccc(-c3ccc(CCCCCCCCCCCCCCC)cc3)cc2)cc1. The van der Waals surface area contributed by atoms with Crippen LogP contribution in [0.3, 0.4) is 0 Å². The number of benzene rings is 3. The Morgan fingerprint density at radius 1 is 0.455 bits per heavy atom. The van der Waals surface area contributed by atoms with Gasteiger partial charge in [0.05, 0.1) is 11.7 Å². The normalized spacial score (nSPS) is 11.9. The van der Waals surface area contributed by atoms with Crippen molar-refractivity contribution in [3.05, 3.63) is 89.5 Å². The van der Waals surface area contributed by atoms with Crippen molar-refractivity contribution >= 4 is 5.97 Å². The number of ether oxygens (including phenoxy) is 2. The molecule has 0 spiro atoms. The quantitative estimate of drug-likeness (QED) is 0.0346. The van der Waals surface area contributed by atoms with Gasteiger partial charge >= 0.3 is 5.97 Å². The Bertz CT molecular complexity index is 1330. The molecule has 3 aromatic carbocycles. The third-order valence-electron chi connectivity index (χ3n) is 11.4. The predicted molar refractivity (Wildman–Crippen MR) is 237 cm³/mol. The summed E-state index contributed by atoms with van der Waals surface area (Å²) in [7, 11) is 0. The highest BCUT2D eigenvalue weighted by Gasteiger charge is 2.11. The van der Waals surface area contributed by atoms with Crippen molar-refractivity contribution in [2.24, 2.45) is 0 Å². The summed E-state index contributed by atoms with van der Waals surface area (Å²) in [5, 5.41) is 0. The summed E-state index contributed by atoms with van der Waals surface area (Å²) in [6.07, 6.45) is 38.3. The van der Waals surface area contributed by atoms with Gasteiger partial charge in [0.1, 0.15) is 5.75 Å². The number of hydrogen-bond donors (Lipinski definition) is 0. The molecule has 3 rings (SSSR count). The summed E-state index contributed by atoms with van der Waals surface area (Å²) in [5.74, 6) is 0.214. The molecule has 0 N–H and O–H groups in total. The monoisotopic (exact) mass is 753 g/mol. The van der Waals surface area contributed by atoms with Crippen LogP contribution in [0.15, 0.2) is 72.8 Å². The Kier molecular flexibility index (Phi) is 26.4. The number of esters is 1. The van der Waals surface area contributed by atoms with E-state index in [9.17, 15) is 4.79 Å². The third-order valence-corrected chi connectivity index (χ3v) is 11.4. The summed E-state index contributed by atoms with van der Waals surface area (Å²) in [5.41, 5.74) is 5.34. The Balaban J connectivity index is 1.22. The Morgan fingerprint density at radius 2 is 0.836 bits per heavy atom. The molecule has 306 valence electrons. The predicted octanol–water partition coefficient (Wildman–Crippen LogP) is 16.8. The topological polar surface area (TPSA) is 35.5 Å². The zero-order valence-electron chi connectivity index (χ0n) is 35.7. The smallest absolute Gasteiger partial charge is 0.343 e. The highest BCUT2D eigenvalue weighted by atomic mass is 16.5. The van der Waals surface area contributed by atoms with Crippen LogP contribution < -0.4 is 4.74 Å². The minimum atomic E-state index is -0.338. The second-order valence-electron chi connectivity index (χ2n) is 16.3. The van der Waals surface area contributed by atoms with E-state index in [-0.39, 0.29) is 12.1 Å². The molecule has 0 heterocycles. The highest BCUT2D eigenvalue weighted by molar-refractivity contribution is 5.91. The molecule has 0 amide bonds. The van der Waals surface area contributed by atoms with Crippen molar-refractivity contribution in [3.63, 3.8) is 0 Å². The summed E-state index contributed by atoms with van der Waals surface area (Å²) >= 11 is 0. The van der Waals surface area contributed by atoms with Crippen molar-refractivity contribution in [1.82, 2.24) is 0 Å². The van der Waals surface area contributed by atoms with Gasteiger partial charge in [-0.05, 0) is 72.7 Å². The zero-order valence-corrected chi connectivity index (χ0v) is 35.7. The molecular weight excluding hydrogens is 673 g/mol. The zero-order chi connectivity index (χ0) is 39.0. The third kappa shape index (κ3) is 21.8. The molecule has 0 aliphatic rings. The molecule has 0 fully saturated rings. The molecule has 3 nitrogen and oxygen atoms in total. The first kappa shape index (κ1) is 46.5. The van der Waals surface area contributed by atoms with E-state index in [0.717, 1.165) is 30.6 Å². The summed E-state index contributed by atoms with van der Waals surface area (Å²) in [6.45, 7) is 7.46. The molecular formula is C52H80O3. The molecule has 1 atom stereocenters. The molecule has 0 aliphatic heterocycles. The maximum atomic E-state index is 12.9.